The number of hydrogen-bond donors (Lipinski definition) is 0. The lowest BCUT2D eigenvalue weighted by atomic mass is 10.0. The van der Waals surface area contributed by atoms with Crippen LogP contribution in [0.25, 0.3) is 16.8 Å². The highest BCUT2D eigenvalue weighted by molar-refractivity contribution is 6.20. The molecule has 102 valence electrons. The topological polar surface area (TPSA) is 43.4 Å². The number of Topliss-reactive ketones (excluding diaryl/α,β-unsaturated/α-hetero) is 1. The second kappa shape index (κ2) is 6.15. The van der Waals surface area contributed by atoms with Crippen molar-refractivity contribution in [3.8, 4) is 0 Å². The Hall–Kier alpha value is -2.42. The Morgan fingerprint density at radius 1 is 1.10 bits per heavy atom. The monoisotopic (exact) mass is 268 g/mol. The first-order valence-corrected chi connectivity index (χ1v) is 6.51. The van der Waals surface area contributed by atoms with Gasteiger partial charge >= 0.3 is 5.97 Å². The van der Waals surface area contributed by atoms with E-state index >= 15 is 0 Å². The van der Waals surface area contributed by atoms with Crippen molar-refractivity contribution >= 4 is 28.6 Å². The van der Waals surface area contributed by atoms with E-state index in [4.69, 9.17) is 4.74 Å². The number of benzene rings is 2. The molecule has 0 heterocycles. The van der Waals surface area contributed by atoms with Crippen molar-refractivity contribution < 1.29 is 14.3 Å². The zero-order valence-corrected chi connectivity index (χ0v) is 11.6. The van der Waals surface area contributed by atoms with Gasteiger partial charge in [-0.15, -0.1) is 0 Å². The molecule has 3 heteroatoms. The molecule has 0 fully saturated rings. The van der Waals surface area contributed by atoms with E-state index in [0.29, 0.717) is 0 Å². The molecule has 0 atom stereocenters. The van der Waals surface area contributed by atoms with Crippen molar-refractivity contribution in [3.63, 3.8) is 0 Å². The van der Waals surface area contributed by atoms with E-state index in [1.54, 1.807) is 13.0 Å². The quantitative estimate of drug-likeness (QED) is 0.369. The summed E-state index contributed by atoms with van der Waals surface area (Å²) in [5.74, 6) is -0.871. The lowest BCUT2D eigenvalue weighted by molar-refractivity contribution is -0.139. The van der Waals surface area contributed by atoms with E-state index in [9.17, 15) is 9.59 Å². The predicted octanol–water partition coefficient (Wildman–Crippen LogP) is 3.38. The van der Waals surface area contributed by atoms with E-state index in [0.717, 1.165) is 16.3 Å². The smallest absolute Gasteiger partial charge is 0.341 e. The van der Waals surface area contributed by atoms with Crippen molar-refractivity contribution in [2.75, 3.05) is 6.61 Å². The lowest BCUT2D eigenvalue weighted by Crippen LogP contribution is -2.13. The number of rotatable bonds is 4. The van der Waals surface area contributed by atoms with Crippen molar-refractivity contribution in [2.45, 2.75) is 13.8 Å². The first-order valence-electron chi connectivity index (χ1n) is 6.51. The summed E-state index contributed by atoms with van der Waals surface area (Å²) in [5.41, 5.74) is 0.907. The van der Waals surface area contributed by atoms with Gasteiger partial charge in [0, 0.05) is 0 Å². The van der Waals surface area contributed by atoms with E-state index in [2.05, 4.69) is 0 Å². The van der Waals surface area contributed by atoms with Crippen LogP contribution in [0.15, 0.2) is 48.0 Å². The number of carbonyl (C=O) groups excluding carboxylic acids is 2. The molecular weight excluding hydrogens is 252 g/mol. The van der Waals surface area contributed by atoms with E-state index in [1.165, 1.54) is 6.92 Å². The Bertz CT molecular complexity index is 678. The Morgan fingerprint density at radius 3 is 2.50 bits per heavy atom. The second-order valence-electron chi connectivity index (χ2n) is 4.40. The Balaban J connectivity index is 2.54. The maximum atomic E-state index is 11.8. The third-order valence-electron chi connectivity index (χ3n) is 3.00. The summed E-state index contributed by atoms with van der Waals surface area (Å²) in [6.45, 7) is 3.33. The van der Waals surface area contributed by atoms with E-state index < -0.39 is 5.97 Å². The van der Waals surface area contributed by atoms with E-state index in [1.807, 2.05) is 42.5 Å². The molecule has 0 aliphatic rings. The minimum absolute atomic E-state index is 0.0724. The van der Waals surface area contributed by atoms with Gasteiger partial charge in [-0.05, 0) is 36.3 Å². The molecule has 2 rings (SSSR count). The molecule has 0 aromatic heterocycles. The molecule has 20 heavy (non-hydrogen) atoms. The first kappa shape index (κ1) is 14.0. The fourth-order valence-electron chi connectivity index (χ4n) is 2.04. The molecule has 0 unspecified atom stereocenters. The van der Waals surface area contributed by atoms with Gasteiger partial charge in [-0.2, -0.15) is 0 Å². The first-order chi connectivity index (χ1) is 9.63. The van der Waals surface area contributed by atoms with Crippen LogP contribution in [0, 0.1) is 0 Å². The second-order valence-corrected chi connectivity index (χ2v) is 4.40. The third kappa shape index (κ3) is 2.94. The molecule has 0 aliphatic carbocycles. The summed E-state index contributed by atoms with van der Waals surface area (Å²) < 4.78 is 4.92. The Morgan fingerprint density at radius 2 is 1.80 bits per heavy atom. The average molecular weight is 268 g/mol. The molecule has 0 radical (unpaired) electrons. The summed E-state index contributed by atoms with van der Waals surface area (Å²) in [4.78, 5) is 23.4. The van der Waals surface area contributed by atoms with E-state index in [-0.39, 0.29) is 18.0 Å². The normalized spacial score (nSPS) is 11.4. The average Bonchev–Trinajstić information content (AvgIpc) is 2.44. The molecule has 0 spiro atoms. The van der Waals surface area contributed by atoms with Crippen LogP contribution in [0.4, 0.5) is 0 Å². The summed E-state index contributed by atoms with van der Waals surface area (Å²) in [5, 5.41) is 2.06. The molecule has 0 amide bonds. The molecular formula is C17H16O3. The van der Waals surface area contributed by atoms with Crippen LogP contribution in [0.2, 0.25) is 0 Å². The van der Waals surface area contributed by atoms with Crippen LogP contribution < -0.4 is 0 Å². The zero-order chi connectivity index (χ0) is 14.5. The molecule has 3 nitrogen and oxygen atoms in total. The molecule has 0 bridgehead atoms. The number of esters is 1. The number of carbonyl (C=O) groups is 2. The van der Waals surface area contributed by atoms with Gasteiger partial charge in [0.2, 0.25) is 0 Å². The number of hydrogen-bond acceptors (Lipinski definition) is 3. The van der Waals surface area contributed by atoms with Gasteiger partial charge in [0.05, 0.1) is 6.61 Å². The van der Waals surface area contributed by atoms with Crippen molar-refractivity contribution in [1.29, 1.82) is 0 Å². The number of ketones is 1. The maximum absolute atomic E-state index is 11.8. The number of ether oxygens (including phenoxy) is 1. The van der Waals surface area contributed by atoms with Gasteiger partial charge in [-0.1, -0.05) is 42.5 Å². The SMILES string of the molecule is CCOC(=O)/C(=C/c1cccc2ccccc12)C(C)=O. The largest absolute Gasteiger partial charge is 0.462 e. The van der Waals surface area contributed by atoms with Crippen LogP contribution in [0.5, 0.6) is 0 Å². The van der Waals surface area contributed by atoms with Crippen LogP contribution in [0.1, 0.15) is 19.4 Å². The molecule has 0 aliphatic heterocycles. The third-order valence-corrected chi connectivity index (χ3v) is 3.00. The van der Waals surface area contributed by atoms with Crippen LogP contribution in [-0.4, -0.2) is 18.4 Å². The summed E-state index contributed by atoms with van der Waals surface area (Å²) in [6, 6.07) is 13.6. The summed E-state index contributed by atoms with van der Waals surface area (Å²) in [7, 11) is 0. The summed E-state index contributed by atoms with van der Waals surface area (Å²) in [6.07, 6.45) is 1.60. The van der Waals surface area contributed by atoms with Gasteiger partial charge in [0.1, 0.15) is 5.57 Å². The van der Waals surface area contributed by atoms with Gasteiger partial charge in [0.15, 0.2) is 5.78 Å². The molecule has 2 aromatic rings. The van der Waals surface area contributed by atoms with Gasteiger partial charge in [-0.25, -0.2) is 4.79 Å². The number of fused-ring (bicyclic) bond motifs is 1. The van der Waals surface area contributed by atoms with Gasteiger partial charge in [-0.3, -0.25) is 4.79 Å². The standard InChI is InChI=1S/C17H16O3/c1-3-20-17(19)16(12(2)18)11-14-9-6-8-13-7-4-5-10-15(13)14/h4-11H,3H2,1-2H3/b16-11+. The van der Waals surface area contributed by atoms with Crippen molar-refractivity contribution in [2.24, 2.45) is 0 Å². The van der Waals surface area contributed by atoms with Gasteiger partial charge in [0.25, 0.3) is 0 Å². The highest BCUT2D eigenvalue weighted by Gasteiger charge is 2.15. The molecule has 0 N–H and O–H groups in total. The van der Waals surface area contributed by atoms with Crippen molar-refractivity contribution in [3.05, 3.63) is 53.6 Å². The highest BCUT2D eigenvalue weighted by Crippen LogP contribution is 2.21. The zero-order valence-electron chi connectivity index (χ0n) is 11.6. The maximum Gasteiger partial charge on any atom is 0.341 e. The van der Waals surface area contributed by atoms with Crippen LogP contribution in [-0.2, 0) is 14.3 Å². The fraction of sp³-hybridized carbons (Fsp3) is 0.176. The molecule has 0 saturated carbocycles. The Labute approximate surface area is 117 Å². The van der Waals surface area contributed by atoms with Gasteiger partial charge < -0.3 is 4.74 Å². The summed E-state index contributed by atoms with van der Waals surface area (Å²) >= 11 is 0. The fourth-order valence-corrected chi connectivity index (χ4v) is 2.04. The van der Waals surface area contributed by atoms with Crippen LogP contribution in [0.3, 0.4) is 0 Å². The Kier molecular flexibility index (Phi) is 4.31. The lowest BCUT2D eigenvalue weighted by Gasteiger charge is -2.06. The predicted molar refractivity (Wildman–Crippen MR) is 79.2 cm³/mol. The minimum atomic E-state index is -0.576. The minimum Gasteiger partial charge on any atom is -0.462 e. The molecule has 2 aromatic carbocycles. The molecule has 0 saturated heterocycles. The van der Waals surface area contributed by atoms with Crippen LogP contribution >= 0.6 is 0 Å². The van der Waals surface area contributed by atoms with Crippen molar-refractivity contribution in [1.82, 2.24) is 0 Å². The highest BCUT2D eigenvalue weighted by atomic mass is 16.5.